The van der Waals surface area contributed by atoms with Gasteiger partial charge in [0.15, 0.2) is 0 Å². The van der Waals surface area contributed by atoms with E-state index in [0.29, 0.717) is 6.04 Å². The maximum atomic E-state index is 10.9. The molecule has 0 aromatic heterocycles. The first-order valence-corrected chi connectivity index (χ1v) is 5.91. The molecule has 4 nitrogen and oxygen atoms in total. The van der Waals surface area contributed by atoms with E-state index in [1.165, 1.54) is 0 Å². The summed E-state index contributed by atoms with van der Waals surface area (Å²) in [5.41, 5.74) is 0. The topological polar surface area (TPSA) is 47.6 Å². The monoisotopic (exact) mass is 177 g/mol. The Bertz CT molecular complexity index is 136. The third-order valence-corrected chi connectivity index (χ3v) is 4.31. The molecule has 0 bridgehead atoms. The summed E-state index contributed by atoms with van der Waals surface area (Å²) in [6, 6.07) is 0.344. The van der Waals surface area contributed by atoms with Crippen LogP contribution in [0.25, 0.3) is 0 Å². The fraction of sp³-hybridized carbons (Fsp3) is 0.833. The molecule has 1 N–H and O–H groups in total. The van der Waals surface area contributed by atoms with Crippen molar-refractivity contribution in [3.63, 3.8) is 0 Å². The van der Waals surface area contributed by atoms with E-state index in [9.17, 15) is 4.79 Å². The van der Waals surface area contributed by atoms with Gasteiger partial charge in [0.05, 0.1) is 6.04 Å². The van der Waals surface area contributed by atoms with Crippen LogP contribution in [0.15, 0.2) is 0 Å². The summed E-state index contributed by atoms with van der Waals surface area (Å²) in [5.74, 6) is -0.0390. The predicted octanol–water partition coefficient (Wildman–Crippen LogP) is 0.0972. The Labute approximate surface area is 68.1 Å². The maximum Gasteiger partial charge on any atom is 0.343 e. The van der Waals surface area contributed by atoms with E-state index in [1.54, 1.807) is 21.3 Å². The summed E-state index contributed by atoms with van der Waals surface area (Å²) in [5, 5.41) is 2.53. The van der Waals surface area contributed by atoms with Gasteiger partial charge in [0.2, 0.25) is 5.91 Å². The Morgan fingerprint density at radius 1 is 1.45 bits per heavy atom. The first-order valence-electron chi connectivity index (χ1n) is 3.39. The second-order valence-corrected chi connectivity index (χ2v) is 5.83. The van der Waals surface area contributed by atoms with Gasteiger partial charge in [0, 0.05) is 21.3 Å². The van der Waals surface area contributed by atoms with Crippen molar-refractivity contribution < 1.29 is 13.6 Å². The minimum Gasteiger partial charge on any atom is -0.397 e. The molecular formula is C6H15NO3Si. The minimum absolute atomic E-state index is 0.0390. The largest absolute Gasteiger partial charge is 0.397 e. The molecule has 0 aromatic rings. The van der Waals surface area contributed by atoms with Gasteiger partial charge in [0.25, 0.3) is 0 Å². The Hall–Kier alpha value is -0.393. The normalized spacial score (nSPS) is 11.3. The van der Waals surface area contributed by atoms with Crippen molar-refractivity contribution in [2.75, 3.05) is 21.3 Å². The van der Waals surface area contributed by atoms with Gasteiger partial charge in [-0.05, 0) is 6.55 Å². The van der Waals surface area contributed by atoms with Gasteiger partial charge < -0.3 is 14.2 Å². The van der Waals surface area contributed by atoms with Crippen LogP contribution in [0.4, 0.5) is 0 Å². The Morgan fingerprint density at radius 2 is 1.91 bits per heavy atom. The van der Waals surface area contributed by atoms with Gasteiger partial charge in [0.1, 0.15) is 0 Å². The fourth-order valence-electron chi connectivity index (χ4n) is 0.608. The average molecular weight is 177 g/mol. The molecule has 0 aliphatic rings. The molecule has 11 heavy (non-hydrogen) atoms. The first kappa shape index (κ1) is 10.6. The summed E-state index contributed by atoms with van der Waals surface area (Å²) in [4.78, 5) is 10.9. The zero-order chi connectivity index (χ0) is 8.91. The molecule has 0 aliphatic heterocycles. The molecule has 0 aromatic carbocycles. The van der Waals surface area contributed by atoms with E-state index >= 15 is 0 Å². The van der Waals surface area contributed by atoms with Crippen molar-refractivity contribution >= 4 is 14.5 Å². The van der Waals surface area contributed by atoms with E-state index in [4.69, 9.17) is 8.85 Å². The third kappa shape index (κ3) is 3.50. The number of hydrogen-bond acceptors (Lipinski definition) is 3. The molecule has 0 spiro atoms. The van der Waals surface area contributed by atoms with E-state index in [1.807, 2.05) is 6.55 Å². The van der Waals surface area contributed by atoms with Gasteiger partial charge in [-0.2, -0.15) is 0 Å². The number of carbonyl (C=O) groups excluding carboxylic acids is 1. The summed E-state index contributed by atoms with van der Waals surface area (Å²) >= 11 is 0. The van der Waals surface area contributed by atoms with Crippen LogP contribution < -0.4 is 5.32 Å². The van der Waals surface area contributed by atoms with Crippen LogP contribution in [0.2, 0.25) is 12.6 Å². The molecule has 0 fully saturated rings. The zero-order valence-corrected chi connectivity index (χ0v) is 8.43. The standard InChI is InChI=1S/C6H15NO3Si/c1-7-6(8)5-11(4,9-2)10-3/h5H2,1-4H3,(H,7,8). The lowest BCUT2D eigenvalue weighted by atomic mass is 10.7. The average Bonchev–Trinajstić information content (AvgIpc) is 2.04. The molecule has 0 saturated heterocycles. The lowest BCUT2D eigenvalue weighted by Gasteiger charge is -2.21. The highest BCUT2D eigenvalue weighted by atomic mass is 28.4. The highest BCUT2D eigenvalue weighted by molar-refractivity contribution is 6.69. The molecule has 1 amide bonds. The van der Waals surface area contributed by atoms with Crippen LogP contribution in [0.1, 0.15) is 0 Å². The van der Waals surface area contributed by atoms with Crippen LogP contribution in [-0.2, 0) is 13.6 Å². The summed E-state index contributed by atoms with van der Waals surface area (Å²) in [7, 11) is 2.54. The molecule has 0 rings (SSSR count). The Morgan fingerprint density at radius 3 is 2.18 bits per heavy atom. The van der Waals surface area contributed by atoms with Crippen LogP contribution in [-0.4, -0.2) is 35.7 Å². The second-order valence-electron chi connectivity index (χ2n) is 2.39. The van der Waals surface area contributed by atoms with Crippen molar-refractivity contribution in [1.29, 1.82) is 0 Å². The lowest BCUT2D eigenvalue weighted by molar-refractivity contribution is -0.118. The van der Waals surface area contributed by atoms with Gasteiger partial charge in [-0.1, -0.05) is 0 Å². The molecular weight excluding hydrogens is 162 g/mol. The molecule has 0 heterocycles. The second kappa shape index (κ2) is 4.48. The van der Waals surface area contributed by atoms with Crippen molar-refractivity contribution in [1.82, 2.24) is 5.32 Å². The van der Waals surface area contributed by atoms with E-state index < -0.39 is 8.56 Å². The van der Waals surface area contributed by atoms with Crippen LogP contribution in [0.3, 0.4) is 0 Å². The first-order chi connectivity index (χ1) is 5.08. The van der Waals surface area contributed by atoms with Gasteiger partial charge in [-0.15, -0.1) is 0 Å². The molecule has 0 saturated carbocycles. The lowest BCUT2D eigenvalue weighted by Crippen LogP contribution is -2.41. The number of amides is 1. The molecule has 0 atom stereocenters. The molecule has 66 valence electrons. The van der Waals surface area contributed by atoms with E-state index in [-0.39, 0.29) is 5.91 Å². The SMILES string of the molecule is CNC(=O)C[Si](C)(OC)OC. The van der Waals surface area contributed by atoms with E-state index in [2.05, 4.69) is 5.32 Å². The fourth-order valence-corrected chi connectivity index (χ4v) is 1.82. The summed E-state index contributed by atoms with van der Waals surface area (Å²) in [6.07, 6.45) is 0. The molecule has 5 heteroatoms. The highest BCUT2D eigenvalue weighted by Gasteiger charge is 2.31. The van der Waals surface area contributed by atoms with Crippen LogP contribution in [0.5, 0.6) is 0 Å². The number of nitrogens with one attached hydrogen (secondary N) is 1. The van der Waals surface area contributed by atoms with Crippen molar-refractivity contribution in [2.24, 2.45) is 0 Å². The van der Waals surface area contributed by atoms with Gasteiger partial charge in [-0.3, -0.25) is 4.79 Å². The third-order valence-electron chi connectivity index (χ3n) is 1.62. The zero-order valence-electron chi connectivity index (χ0n) is 7.43. The smallest absolute Gasteiger partial charge is 0.343 e. The summed E-state index contributed by atoms with van der Waals surface area (Å²) < 4.78 is 10.2. The van der Waals surface area contributed by atoms with Crippen molar-refractivity contribution in [2.45, 2.75) is 12.6 Å². The van der Waals surface area contributed by atoms with Crippen LogP contribution >= 0.6 is 0 Å². The quantitative estimate of drug-likeness (QED) is 0.619. The molecule has 0 unspecified atom stereocenters. The molecule has 0 radical (unpaired) electrons. The number of carbonyl (C=O) groups is 1. The predicted molar refractivity (Wildman–Crippen MR) is 44.5 cm³/mol. The van der Waals surface area contributed by atoms with Crippen molar-refractivity contribution in [3.05, 3.63) is 0 Å². The maximum absolute atomic E-state index is 10.9. The minimum atomic E-state index is -2.19. The summed E-state index contributed by atoms with van der Waals surface area (Å²) in [6.45, 7) is 1.85. The number of rotatable bonds is 4. The Balaban J connectivity index is 3.96. The Kier molecular flexibility index (Phi) is 4.32. The van der Waals surface area contributed by atoms with E-state index in [0.717, 1.165) is 0 Å². The highest BCUT2D eigenvalue weighted by Crippen LogP contribution is 2.09. The van der Waals surface area contributed by atoms with Gasteiger partial charge in [-0.25, -0.2) is 0 Å². The van der Waals surface area contributed by atoms with Crippen LogP contribution in [0, 0.1) is 0 Å². The number of hydrogen-bond donors (Lipinski definition) is 1. The van der Waals surface area contributed by atoms with Crippen molar-refractivity contribution in [3.8, 4) is 0 Å². The molecule has 0 aliphatic carbocycles. The van der Waals surface area contributed by atoms with Gasteiger partial charge >= 0.3 is 8.56 Å².